The highest BCUT2D eigenvalue weighted by Crippen LogP contribution is 2.23. The molecule has 0 saturated carbocycles. The normalized spacial score (nSPS) is 10.2. The second-order valence-electron chi connectivity index (χ2n) is 5.21. The summed E-state index contributed by atoms with van der Waals surface area (Å²) in [5.41, 5.74) is 1.62. The zero-order valence-corrected chi connectivity index (χ0v) is 13.6. The number of benzene rings is 2. The van der Waals surface area contributed by atoms with Gasteiger partial charge < -0.3 is 15.3 Å². The van der Waals surface area contributed by atoms with Crippen molar-refractivity contribution in [2.24, 2.45) is 0 Å². The molecule has 0 unspecified atom stereocenters. The lowest BCUT2D eigenvalue weighted by molar-refractivity contribution is -0.114. The Morgan fingerprint density at radius 3 is 2.61 bits per heavy atom. The number of halogens is 1. The molecule has 0 heterocycles. The minimum atomic E-state index is -0.273. The topological polar surface area (TPSA) is 69.6 Å². The highest BCUT2D eigenvalue weighted by atomic mass is 35.5. The van der Waals surface area contributed by atoms with Gasteiger partial charge in [-0.05, 0) is 35.9 Å². The molecule has 0 aliphatic rings. The lowest BCUT2D eigenvalue weighted by Crippen LogP contribution is -2.26. The van der Waals surface area contributed by atoms with E-state index in [4.69, 9.17) is 11.6 Å². The molecule has 0 radical (unpaired) electrons. The van der Waals surface area contributed by atoms with E-state index in [0.717, 1.165) is 5.56 Å². The average Bonchev–Trinajstić information content (AvgIpc) is 2.48. The van der Waals surface area contributed by atoms with Gasteiger partial charge in [0, 0.05) is 26.2 Å². The third-order valence-corrected chi connectivity index (χ3v) is 3.52. The largest absolute Gasteiger partial charge is 0.508 e. The summed E-state index contributed by atoms with van der Waals surface area (Å²) < 4.78 is 0. The van der Waals surface area contributed by atoms with Crippen LogP contribution in [0.4, 0.5) is 5.69 Å². The van der Waals surface area contributed by atoms with Crippen LogP contribution < -0.4 is 5.32 Å². The van der Waals surface area contributed by atoms with Gasteiger partial charge in [0.15, 0.2) is 0 Å². The number of amides is 2. The van der Waals surface area contributed by atoms with Crippen molar-refractivity contribution < 1.29 is 14.7 Å². The maximum absolute atomic E-state index is 12.6. The van der Waals surface area contributed by atoms with E-state index in [1.54, 1.807) is 43.4 Å². The van der Waals surface area contributed by atoms with E-state index >= 15 is 0 Å². The third kappa shape index (κ3) is 4.47. The highest BCUT2D eigenvalue weighted by Gasteiger charge is 2.16. The van der Waals surface area contributed by atoms with Crippen molar-refractivity contribution in [3.8, 4) is 5.75 Å². The van der Waals surface area contributed by atoms with Gasteiger partial charge >= 0.3 is 0 Å². The van der Waals surface area contributed by atoms with Crippen LogP contribution in [0.25, 0.3) is 0 Å². The van der Waals surface area contributed by atoms with Crippen LogP contribution in [0.15, 0.2) is 42.5 Å². The minimum absolute atomic E-state index is 0.147. The summed E-state index contributed by atoms with van der Waals surface area (Å²) in [7, 11) is 1.65. The number of aromatic hydroxyl groups is 1. The molecule has 120 valence electrons. The molecule has 0 aliphatic carbocycles. The summed E-state index contributed by atoms with van der Waals surface area (Å²) >= 11 is 6.10. The van der Waals surface area contributed by atoms with Crippen LogP contribution in [0, 0.1) is 0 Å². The van der Waals surface area contributed by atoms with Gasteiger partial charge in [-0.25, -0.2) is 0 Å². The second-order valence-corrected chi connectivity index (χ2v) is 5.61. The number of carbonyl (C=O) groups is 2. The quantitative estimate of drug-likeness (QED) is 0.902. The number of nitrogens with one attached hydrogen (secondary N) is 1. The van der Waals surface area contributed by atoms with Crippen LogP contribution >= 0.6 is 11.6 Å². The molecule has 0 atom stereocenters. The Bertz CT molecular complexity index is 746. The van der Waals surface area contributed by atoms with E-state index in [0.29, 0.717) is 22.8 Å². The first-order valence-electron chi connectivity index (χ1n) is 6.97. The fraction of sp³-hybridized carbons (Fsp3) is 0.176. The van der Waals surface area contributed by atoms with Crippen LogP contribution in [0.2, 0.25) is 5.02 Å². The molecule has 2 aromatic carbocycles. The van der Waals surface area contributed by atoms with Gasteiger partial charge in [-0.3, -0.25) is 9.59 Å². The van der Waals surface area contributed by atoms with Crippen LogP contribution in [-0.4, -0.2) is 28.9 Å². The summed E-state index contributed by atoms with van der Waals surface area (Å²) in [5.74, 6) is -0.349. The maximum atomic E-state index is 12.6. The Morgan fingerprint density at radius 2 is 1.96 bits per heavy atom. The Hall–Kier alpha value is -2.53. The predicted molar refractivity (Wildman–Crippen MR) is 89.7 cm³/mol. The zero-order valence-electron chi connectivity index (χ0n) is 12.8. The SMILES string of the molecule is CC(=O)Nc1ccc(Cl)c(C(=O)N(C)Cc2cccc(O)c2)c1. The lowest BCUT2D eigenvalue weighted by Gasteiger charge is -2.18. The molecule has 0 fully saturated rings. The van der Waals surface area contributed by atoms with Crippen LogP contribution in [-0.2, 0) is 11.3 Å². The van der Waals surface area contributed by atoms with Crippen molar-refractivity contribution >= 4 is 29.1 Å². The van der Waals surface area contributed by atoms with Gasteiger partial charge in [0.25, 0.3) is 5.91 Å². The molecular weight excluding hydrogens is 316 g/mol. The maximum Gasteiger partial charge on any atom is 0.255 e. The highest BCUT2D eigenvalue weighted by molar-refractivity contribution is 6.34. The van der Waals surface area contributed by atoms with Crippen LogP contribution in [0.1, 0.15) is 22.8 Å². The summed E-state index contributed by atoms with van der Waals surface area (Å²) in [6, 6.07) is 11.5. The Kier molecular flexibility index (Phi) is 5.24. The number of nitrogens with zero attached hydrogens (tertiary/aromatic N) is 1. The summed E-state index contributed by atoms with van der Waals surface area (Å²) in [6.45, 7) is 1.72. The van der Waals surface area contributed by atoms with Gasteiger partial charge in [-0.1, -0.05) is 23.7 Å². The first-order chi connectivity index (χ1) is 10.9. The number of rotatable bonds is 4. The first kappa shape index (κ1) is 16.8. The predicted octanol–water partition coefficient (Wildman–Crippen LogP) is 3.28. The van der Waals surface area contributed by atoms with E-state index < -0.39 is 0 Å². The number of anilines is 1. The molecule has 0 spiro atoms. The molecule has 2 rings (SSSR count). The molecule has 5 nitrogen and oxygen atoms in total. The molecule has 6 heteroatoms. The average molecular weight is 333 g/mol. The molecule has 0 bridgehead atoms. The van der Waals surface area contributed by atoms with Crippen molar-refractivity contribution in [1.29, 1.82) is 0 Å². The standard InChI is InChI=1S/C17H17ClN2O3/c1-11(21)19-13-6-7-16(18)15(9-13)17(23)20(2)10-12-4-3-5-14(22)8-12/h3-9,22H,10H2,1-2H3,(H,19,21). The van der Waals surface area contributed by atoms with Crippen molar-refractivity contribution in [1.82, 2.24) is 4.90 Å². The number of phenols is 1. The van der Waals surface area contributed by atoms with Crippen molar-refractivity contribution in [2.75, 3.05) is 12.4 Å². The van der Waals surface area contributed by atoms with E-state index in [9.17, 15) is 14.7 Å². The fourth-order valence-electron chi connectivity index (χ4n) is 2.18. The van der Waals surface area contributed by atoms with E-state index in [2.05, 4.69) is 5.32 Å². The molecule has 23 heavy (non-hydrogen) atoms. The molecule has 0 saturated heterocycles. The van der Waals surface area contributed by atoms with Crippen LogP contribution in [0.3, 0.4) is 0 Å². The Balaban J connectivity index is 2.20. The molecule has 2 N–H and O–H groups in total. The van der Waals surface area contributed by atoms with Crippen molar-refractivity contribution in [3.05, 3.63) is 58.6 Å². The molecular formula is C17H17ClN2O3. The fourth-order valence-corrected chi connectivity index (χ4v) is 2.37. The molecule has 2 aromatic rings. The smallest absolute Gasteiger partial charge is 0.255 e. The first-order valence-corrected chi connectivity index (χ1v) is 7.35. The lowest BCUT2D eigenvalue weighted by atomic mass is 10.1. The monoisotopic (exact) mass is 332 g/mol. The Morgan fingerprint density at radius 1 is 1.22 bits per heavy atom. The Labute approximate surface area is 139 Å². The van der Waals surface area contributed by atoms with E-state index in [1.807, 2.05) is 6.07 Å². The second kappa shape index (κ2) is 7.15. The minimum Gasteiger partial charge on any atom is -0.508 e. The molecule has 2 amide bonds. The summed E-state index contributed by atoms with van der Waals surface area (Å²) in [6.07, 6.45) is 0. The van der Waals surface area contributed by atoms with Gasteiger partial charge in [0.1, 0.15) is 5.75 Å². The summed E-state index contributed by atoms with van der Waals surface area (Å²) in [5, 5.41) is 12.4. The number of hydrogen-bond acceptors (Lipinski definition) is 3. The molecule has 0 aromatic heterocycles. The summed E-state index contributed by atoms with van der Waals surface area (Å²) in [4.78, 5) is 25.2. The van der Waals surface area contributed by atoms with Crippen molar-refractivity contribution in [3.63, 3.8) is 0 Å². The van der Waals surface area contributed by atoms with E-state index in [-0.39, 0.29) is 17.6 Å². The number of phenolic OH excluding ortho intramolecular Hbond substituents is 1. The number of hydrogen-bond donors (Lipinski definition) is 2. The van der Waals surface area contributed by atoms with Crippen molar-refractivity contribution in [2.45, 2.75) is 13.5 Å². The van der Waals surface area contributed by atoms with Gasteiger partial charge in [0.05, 0.1) is 10.6 Å². The van der Waals surface area contributed by atoms with Gasteiger partial charge in [0.2, 0.25) is 5.91 Å². The van der Waals surface area contributed by atoms with E-state index in [1.165, 1.54) is 11.8 Å². The third-order valence-electron chi connectivity index (χ3n) is 3.19. The number of carbonyl (C=O) groups excluding carboxylic acids is 2. The molecule has 0 aliphatic heterocycles. The van der Waals surface area contributed by atoms with Gasteiger partial charge in [-0.15, -0.1) is 0 Å². The van der Waals surface area contributed by atoms with Gasteiger partial charge in [-0.2, -0.15) is 0 Å². The zero-order chi connectivity index (χ0) is 17.0. The van der Waals surface area contributed by atoms with Crippen LogP contribution in [0.5, 0.6) is 5.75 Å².